The third-order valence-electron chi connectivity index (χ3n) is 8.92. The quantitative estimate of drug-likeness (QED) is 0.242. The van der Waals surface area contributed by atoms with Gasteiger partial charge in [-0.25, -0.2) is 0 Å². The van der Waals surface area contributed by atoms with E-state index in [1.165, 1.54) is 12.1 Å². The normalized spacial score (nSPS) is 20.7. The molecule has 6 heteroatoms. The Morgan fingerprint density at radius 2 is 1.14 bits per heavy atom. The van der Waals surface area contributed by atoms with Gasteiger partial charge >= 0.3 is 6.18 Å². The Balaban J connectivity index is 1.42. The van der Waals surface area contributed by atoms with E-state index in [0.717, 1.165) is 50.7 Å². The molecule has 0 heterocycles. The molecule has 4 unspecified atom stereocenters. The maximum Gasteiger partial charge on any atom is 0.416 e. The van der Waals surface area contributed by atoms with Crippen LogP contribution in [-0.2, 0) is 6.18 Å². The first-order valence-corrected chi connectivity index (χ1v) is 13.6. The van der Waals surface area contributed by atoms with Crippen LogP contribution in [0.3, 0.4) is 0 Å². The summed E-state index contributed by atoms with van der Waals surface area (Å²) >= 11 is 0. The Hall–Kier alpha value is -5.20. The molecular weight excluding hydrogens is 531 g/mol. The van der Waals surface area contributed by atoms with Gasteiger partial charge in [0.1, 0.15) is 0 Å². The number of alkyl halides is 3. The van der Waals surface area contributed by atoms with E-state index >= 15 is 0 Å². The first-order chi connectivity index (χ1) is 20.3. The van der Waals surface area contributed by atoms with E-state index in [1.54, 1.807) is 24.3 Å². The molecule has 5 aromatic rings. The van der Waals surface area contributed by atoms with Gasteiger partial charge in [0.15, 0.2) is 0 Å². The number of hydrogen-bond acceptors (Lipinski definition) is 3. The standard InChI is InChI=1S/C36H22F3N3/c37-36(38,39)25-14-12-22(13-15-25)26-16-17-29-32-27(26)2-1-3-28(32)33-30(23-8-4-20(18-40)5-9-23)35(42)31(34(29)33)24-10-6-21(19-41)7-11-24/h1-17,30-31,33-34,42H. The summed E-state index contributed by atoms with van der Waals surface area (Å²) in [5.74, 6) is -0.521. The van der Waals surface area contributed by atoms with Crippen molar-refractivity contribution >= 4 is 16.5 Å². The molecule has 5 aromatic carbocycles. The minimum atomic E-state index is -4.40. The van der Waals surface area contributed by atoms with Gasteiger partial charge in [0.25, 0.3) is 0 Å². The van der Waals surface area contributed by atoms with Gasteiger partial charge in [-0.2, -0.15) is 23.7 Å². The van der Waals surface area contributed by atoms with Crippen molar-refractivity contribution in [3.8, 4) is 23.3 Å². The van der Waals surface area contributed by atoms with Crippen molar-refractivity contribution in [1.82, 2.24) is 0 Å². The fourth-order valence-corrected chi connectivity index (χ4v) is 7.15. The lowest BCUT2D eigenvalue weighted by Gasteiger charge is -2.21. The van der Waals surface area contributed by atoms with Crippen molar-refractivity contribution in [2.75, 3.05) is 0 Å². The molecule has 4 atom stereocenters. The molecule has 1 N–H and O–H groups in total. The van der Waals surface area contributed by atoms with E-state index < -0.39 is 11.7 Å². The zero-order valence-electron chi connectivity index (χ0n) is 22.2. The summed E-state index contributed by atoms with van der Waals surface area (Å²) in [5, 5.41) is 30.3. The summed E-state index contributed by atoms with van der Waals surface area (Å²) in [5.41, 5.74) is 6.79. The van der Waals surface area contributed by atoms with Crippen LogP contribution >= 0.6 is 0 Å². The fourth-order valence-electron chi connectivity index (χ4n) is 7.15. The SMILES string of the molecule is N#Cc1ccc(C2C(=N)C(c3ccc(C#N)cc3)C3c4ccc(-c5ccc(C(F)(F)F)cc5)c5cccc(c45)C23)cc1. The third kappa shape index (κ3) is 3.84. The summed E-state index contributed by atoms with van der Waals surface area (Å²) in [4.78, 5) is 0. The van der Waals surface area contributed by atoms with Gasteiger partial charge in [-0.3, -0.25) is 0 Å². The number of hydrogen-bond donors (Lipinski definition) is 1. The van der Waals surface area contributed by atoms with Crippen LogP contribution in [0.2, 0.25) is 0 Å². The molecule has 0 aromatic heterocycles. The van der Waals surface area contributed by atoms with Gasteiger partial charge in [0.05, 0.1) is 28.8 Å². The average molecular weight is 554 g/mol. The summed E-state index contributed by atoms with van der Waals surface area (Å²) in [6.07, 6.45) is -4.40. The van der Waals surface area contributed by atoms with E-state index in [0.29, 0.717) is 22.4 Å². The summed E-state index contributed by atoms with van der Waals surface area (Å²) in [6.45, 7) is 0. The Labute approximate surface area is 240 Å². The van der Waals surface area contributed by atoms with Crippen LogP contribution in [0.1, 0.15) is 62.6 Å². The number of benzene rings is 5. The highest BCUT2D eigenvalue weighted by molar-refractivity contribution is 6.07. The molecule has 42 heavy (non-hydrogen) atoms. The zero-order valence-corrected chi connectivity index (χ0v) is 22.2. The van der Waals surface area contributed by atoms with E-state index in [2.05, 4.69) is 24.3 Å². The van der Waals surface area contributed by atoms with Crippen LogP contribution in [0.4, 0.5) is 13.2 Å². The maximum absolute atomic E-state index is 13.2. The van der Waals surface area contributed by atoms with E-state index in [1.807, 2.05) is 42.5 Å². The minimum Gasteiger partial charge on any atom is -0.308 e. The van der Waals surface area contributed by atoms with E-state index in [4.69, 9.17) is 0 Å². The third-order valence-corrected chi connectivity index (χ3v) is 8.92. The second-order valence-electron chi connectivity index (χ2n) is 11.0. The number of nitriles is 2. The molecular formula is C36H22F3N3. The summed E-state index contributed by atoms with van der Waals surface area (Å²) in [7, 11) is 0. The van der Waals surface area contributed by atoms with Gasteiger partial charge in [-0.05, 0) is 80.6 Å². The van der Waals surface area contributed by atoms with Crippen molar-refractivity contribution in [3.05, 3.63) is 142 Å². The van der Waals surface area contributed by atoms with Gasteiger partial charge in [-0.15, -0.1) is 0 Å². The molecule has 202 valence electrons. The molecule has 1 fully saturated rings. The van der Waals surface area contributed by atoms with Crippen LogP contribution in [0.5, 0.6) is 0 Å². The monoisotopic (exact) mass is 553 g/mol. The summed E-state index contributed by atoms with van der Waals surface area (Å²) < 4.78 is 39.7. The number of nitrogens with one attached hydrogen (secondary N) is 1. The Morgan fingerprint density at radius 3 is 1.64 bits per heavy atom. The zero-order chi connectivity index (χ0) is 29.2. The van der Waals surface area contributed by atoms with Crippen LogP contribution in [0, 0.1) is 28.1 Å². The second-order valence-corrected chi connectivity index (χ2v) is 11.0. The lowest BCUT2D eigenvalue weighted by atomic mass is 9.81. The fraction of sp³-hybridized carbons (Fsp3) is 0.139. The first-order valence-electron chi connectivity index (χ1n) is 13.6. The molecule has 2 aliphatic rings. The second kappa shape index (κ2) is 9.43. The molecule has 0 bridgehead atoms. The van der Waals surface area contributed by atoms with Crippen molar-refractivity contribution in [1.29, 1.82) is 15.9 Å². The number of nitrogens with zero attached hydrogens (tertiary/aromatic N) is 2. The van der Waals surface area contributed by atoms with Crippen LogP contribution in [0.25, 0.3) is 21.9 Å². The van der Waals surface area contributed by atoms with Crippen LogP contribution in [-0.4, -0.2) is 5.71 Å². The lowest BCUT2D eigenvalue weighted by Crippen LogP contribution is -2.14. The number of fused-ring (bicyclic) bond motifs is 3. The van der Waals surface area contributed by atoms with Crippen molar-refractivity contribution in [2.45, 2.75) is 29.8 Å². The number of rotatable bonds is 3. The predicted molar refractivity (Wildman–Crippen MR) is 155 cm³/mol. The largest absolute Gasteiger partial charge is 0.416 e. The van der Waals surface area contributed by atoms with Gasteiger partial charge in [0.2, 0.25) is 0 Å². The molecule has 0 aliphatic heterocycles. The molecule has 0 spiro atoms. The van der Waals surface area contributed by atoms with Crippen molar-refractivity contribution < 1.29 is 13.2 Å². The molecule has 2 aliphatic carbocycles. The van der Waals surface area contributed by atoms with Crippen LogP contribution in [0.15, 0.2) is 103 Å². The maximum atomic E-state index is 13.2. The smallest absolute Gasteiger partial charge is 0.308 e. The van der Waals surface area contributed by atoms with Crippen molar-refractivity contribution in [3.63, 3.8) is 0 Å². The highest BCUT2D eigenvalue weighted by Crippen LogP contribution is 2.64. The topological polar surface area (TPSA) is 71.4 Å². The molecule has 0 amide bonds. The molecule has 3 nitrogen and oxygen atoms in total. The van der Waals surface area contributed by atoms with Crippen molar-refractivity contribution in [2.24, 2.45) is 0 Å². The first kappa shape index (κ1) is 25.7. The van der Waals surface area contributed by atoms with Gasteiger partial charge in [-0.1, -0.05) is 66.7 Å². The van der Waals surface area contributed by atoms with E-state index in [-0.39, 0.29) is 23.7 Å². The molecule has 0 radical (unpaired) electrons. The van der Waals surface area contributed by atoms with Gasteiger partial charge < -0.3 is 5.41 Å². The molecule has 7 rings (SSSR count). The van der Waals surface area contributed by atoms with E-state index in [9.17, 15) is 29.1 Å². The lowest BCUT2D eigenvalue weighted by molar-refractivity contribution is -0.137. The average Bonchev–Trinajstić information content (AvgIpc) is 3.49. The Morgan fingerprint density at radius 1 is 0.619 bits per heavy atom. The highest BCUT2D eigenvalue weighted by Gasteiger charge is 2.53. The highest BCUT2D eigenvalue weighted by atomic mass is 19.4. The Kier molecular flexibility index (Phi) is 5.78. The Bertz CT molecular complexity index is 1880. The number of halogens is 3. The van der Waals surface area contributed by atoms with Crippen LogP contribution < -0.4 is 0 Å². The molecule has 1 saturated carbocycles. The summed E-state index contributed by atoms with van der Waals surface area (Å²) in [6, 6.07) is 34.7. The predicted octanol–water partition coefficient (Wildman–Crippen LogP) is 9.05. The molecule has 0 saturated heterocycles. The minimum absolute atomic E-state index is 0.0346. The van der Waals surface area contributed by atoms with Gasteiger partial charge in [0, 0.05) is 29.4 Å².